The maximum Gasteiger partial charge on any atom is 0.257 e. The summed E-state index contributed by atoms with van der Waals surface area (Å²) in [6.45, 7) is 3.61. The van der Waals surface area contributed by atoms with Crippen molar-refractivity contribution in [3.8, 4) is 0 Å². The zero-order chi connectivity index (χ0) is 12.3. The fourth-order valence-electron chi connectivity index (χ4n) is 2.06. The first kappa shape index (κ1) is 12.1. The highest BCUT2D eigenvalue weighted by Gasteiger charge is 2.29. The van der Waals surface area contributed by atoms with E-state index in [1.807, 2.05) is 6.92 Å². The lowest BCUT2D eigenvalue weighted by Crippen LogP contribution is -2.50. The van der Waals surface area contributed by atoms with Crippen LogP contribution in [0.5, 0.6) is 0 Å². The summed E-state index contributed by atoms with van der Waals surface area (Å²) in [4.78, 5) is 13.9. The van der Waals surface area contributed by atoms with Crippen LogP contribution in [-0.4, -0.2) is 49.8 Å². The number of methoxy groups -OCH3 is 1. The summed E-state index contributed by atoms with van der Waals surface area (Å²) in [7, 11) is 1.63. The Labute approximate surface area is 100 Å². The van der Waals surface area contributed by atoms with E-state index in [9.17, 15) is 4.79 Å². The Balaban J connectivity index is 2.02. The van der Waals surface area contributed by atoms with E-state index in [0.717, 1.165) is 0 Å². The molecule has 2 rings (SSSR count). The number of amides is 1. The van der Waals surface area contributed by atoms with Crippen LogP contribution in [0.2, 0.25) is 0 Å². The van der Waals surface area contributed by atoms with Crippen LogP contribution in [0.15, 0.2) is 23.0 Å². The van der Waals surface area contributed by atoms with E-state index in [4.69, 9.17) is 13.9 Å². The molecule has 5 nitrogen and oxygen atoms in total. The third-order valence-electron chi connectivity index (χ3n) is 2.73. The van der Waals surface area contributed by atoms with Crippen LogP contribution in [0, 0.1) is 0 Å². The smallest absolute Gasteiger partial charge is 0.257 e. The molecule has 1 saturated heterocycles. The van der Waals surface area contributed by atoms with E-state index in [-0.39, 0.29) is 18.1 Å². The molecule has 0 N–H and O–H groups in total. The van der Waals surface area contributed by atoms with Crippen LogP contribution in [0.25, 0.3) is 0 Å². The summed E-state index contributed by atoms with van der Waals surface area (Å²) in [5, 5.41) is 0. The van der Waals surface area contributed by atoms with Crippen LogP contribution in [0.4, 0.5) is 0 Å². The van der Waals surface area contributed by atoms with Crippen molar-refractivity contribution in [3.05, 3.63) is 24.2 Å². The van der Waals surface area contributed by atoms with Gasteiger partial charge in [-0.15, -0.1) is 0 Å². The Morgan fingerprint density at radius 2 is 2.41 bits per heavy atom. The first-order chi connectivity index (χ1) is 8.20. The molecule has 1 amide bonds. The van der Waals surface area contributed by atoms with Crippen LogP contribution >= 0.6 is 0 Å². The Hall–Kier alpha value is -1.33. The van der Waals surface area contributed by atoms with Gasteiger partial charge < -0.3 is 18.8 Å². The minimum absolute atomic E-state index is 0.0185. The number of furan rings is 1. The van der Waals surface area contributed by atoms with Crippen molar-refractivity contribution in [2.24, 2.45) is 0 Å². The highest BCUT2D eigenvalue weighted by Crippen LogP contribution is 2.15. The first-order valence-electron chi connectivity index (χ1n) is 5.66. The maximum atomic E-state index is 12.1. The molecule has 94 valence electrons. The minimum Gasteiger partial charge on any atom is -0.472 e. The number of ether oxygens (including phenoxy) is 2. The van der Waals surface area contributed by atoms with Crippen LogP contribution in [0.1, 0.15) is 17.3 Å². The van der Waals surface area contributed by atoms with Gasteiger partial charge in [0.05, 0.1) is 30.6 Å². The number of hydrogen-bond donors (Lipinski definition) is 0. The van der Waals surface area contributed by atoms with Crippen molar-refractivity contribution in [1.29, 1.82) is 0 Å². The summed E-state index contributed by atoms with van der Waals surface area (Å²) in [6, 6.07) is 1.67. The van der Waals surface area contributed by atoms with E-state index in [1.54, 1.807) is 18.1 Å². The Morgan fingerprint density at radius 1 is 1.59 bits per heavy atom. The fourth-order valence-corrected chi connectivity index (χ4v) is 2.06. The number of nitrogens with zero attached hydrogens (tertiary/aromatic N) is 1. The van der Waals surface area contributed by atoms with Gasteiger partial charge in [-0.3, -0.25) is 4.79 Å². The van der Waals surface area contributed by atoms with Gasteiger partial charge in [-0.25, -0.2) is 0 Å². The lowest BCUT2D eigenvalue weighted by molar-refractivity contribution is -0.0918. The summed E-state index contributed by atoms with van der Waals surface area (Å²) in [6.07, 6.45) is 2.94. The molecule has 17 heavy (non-hydrogen) atoms. The predicted molar refractivity (Wildman–Crippen MR) is 60.8 cm³/mol. The summed E-state index contributed by atoms with van der Waals surface area (Å²) in [5.41, 5.74) is 0.579. The van der Waals surface area contributed by atoms with Crippen LogP contribution < -0.4 is 0 Å². The van der Waals surface area contributed by atoms with E-state index in [0.29, 0.717) is 25.3 Å². The second-order valence-corrected chi connectivity index (χ2v) is 4.25. The molecule has 0 bridgehead atoms. The molecule has 0 spiro atoms. The van der Waals surface area contributed by atoms with Gasteiger partial charge in [0.1, 0.15) is 6.26 Å². The molecular weight excluding hydrogens is 222 g/mol. The van der Waals surface area contributed by atoms with Crippen LogP contribution in [-0.2, 0) is 9.47 Å². The second-order valence-electron chi connectivity index (χ2n) is 4.25. The van der Waals surface area contributed by atoms with Crippen LogP contribution in [0.3, 0.4) is 0 Å². The summed E-state index contributed by atoms with van der Waals surface area (Å²) >= 11 is 0. The number of carbonyl (C=O) groups excluding carboxylic acids is 1. The highest BCUT2D eigenvalue weighted by molar-refractivity contribution is 5.93. The lowest BCUT2D eigenvalue weighted by Gasteiger charge is -2.36. The number of rotatable bonds is 3. The van der Waals surface area contributed by atoms with Gasteiger partial charge in [-0.05, 0) is 13.0 Å². The molecule has 0 radical (unpaired) electrons. The van der Waals surface area contributed by atoms with Crippen molar-refractivity contribution < 1.29 is 18.7 Å². The minimum atomic E-state index is -0.0559. The van der Waals surface area contributed by atoms with E-state index in [1.165, 1.54) is 12.5 Å². The van der Waals surface area contributed by atoms with Gasteiger partial charge in [-0.2, -0.15) is 0 Å². The summed E-state index contributed by atoms with van der Waals surface area (Å²) in [5.74, 6) is -0.0185. The molecule has 0 aliphatic carbocycles. The van der Waals surface area contributed by atoms with E-state index < -0.39 is 0 Å². The molecule has 0 unspecified atom stereocenters. The fraction of sp³-hybridized carbons (Fsp3) is 0.583. The van der Waals surface area contributed by atoms with Crippen molar-refractivity contribution in [2.45, 2.75) is 19.1 Å². The Morgan fingerprint density at radius 3 is 3.06 bits per heavy atom. The molecule has 1 aliphatic heterocycles. The van der Waals surface area contributed by atoms with Gasteiger partial charge in [0.2, 0.25) is 0 Å². The van der Waals surface area contributed by atoms with Gasteiger partial charge in [0, 0.05) is 20.2 Å². The number of morpholine rings is 1. The third kappa shape index (κ3) is 2.87. The topological polar surface area (TPSA) is 51.9 Å². The van der Waals surface area contributed by atoms with E-state index >= 15 is 0 Å². The molecule has 1 aromatic rings. The first-order valence-corrected chi connectivity index (χ1v) is 5.66. The quantitative estimate of drug-likeness (QED) is 0.794. The predicted octanol–water partition coefficient (Wildman–Crippen LogP) is 1.16. The van der Waals surface area contributed by atoms with Crippen molar-refractivity contribution in [3.63, 3.8) is 0 Å². The molecule has 2 heterocycles. The Bertz CT molecular complexity index is 363. The molecule has 1 aliphatic rings. The molecule has 1 fully saturated rings. The highest BCUT2D eigenvalue weighted by atomic mass is 16.5. The number of carbonyl (C=O) groups is 1. The maximum absolute atomic E-state index is 12.1. The lowest BCUT2D eigenvalue weighted by atomic mass is 10.2. The van der Waals surface area contributed by atoms with Gasteiger partial charge in [-0.1, -0.05) is 0 Å². The van der Waals surface area contributed by atoms with Gasteiger partial charge in [0.15, 0.2) is 0 Å². The third-order valence-corrected chi connectivity index (χ3v) is 2.73. The van der Waals surface area contributed by atoms with Crippen molar-refractivity contribution in [2.75, 3.05) is 26.8 Å². The monoisotopic (exact) mass is 239 g/mol. The molecular formula is C12H17NO4. The van der Waals surface area contributed by atoms with Gasteiger partial charge in [0.25, 0.3) is 5.91 Å². The molecule has 1 aromatic heterocycles. The second kappa shape index (κ2) is 5.33. The molecule has 0 aromatic carbocycles. The van der Waals surface area contributed by atoms with E-state index in [2.05, 4.69) is 0 Å². The normalized spacial score (nSPS) is 24.9. The zero-order valence-corrected chi connectivity index (χ0v) is 10.1. The molecule has 2 atom stereocenters. The Kier molecular flexibility index (Phi) is 3.81. The standard InChI is InChI=1S/C12H17NO4/c1-9-5-13(6-11(17-9)8-15-2)12(14)10-3-4-16-7-10/h3-4,7,9,11H,5-6,8H2,1-2H3/t9-,11+/m0/s1. The largest absolute Gasteiger partial charge is 0.472 e. The molecule has 0 saturated carbocycles. The van der Waals surface area contributed by atoms with Crippen molar-refractivity contribution in [1.82, 2.24) is 4.90 Å². The number of hydrogen-bond acceptors (Lipinski definition) is 4. The zero-order valence-electron chi connectivity index (χ0n) is 10.1. The summed E-state index contributed by atoms with van der Waals surface area (Å²) < 4.78 is 15.7. The SMILES string of the molecule is COC[C@H]1CN(C(=O)c2ccoc2)C[C@H](C)O1. The van der Waals surface area contributed by atoms with Crippen molar-refractivity contribution >= 4 is 5.91 Å². The van der Waals surface area contributed by atoms with Gasteiger partial charge >= 0.3 is 0 Å². The average molecular weight is 239 g/mol. The average Bonchev–Trinajstić information content (AvgIpc) is 2.81. The molecule has 5 heteroatoms.